The maximum atomic E-state index is 11.2. The highest BCUT2D eigenvalue weighted by Gasteiger charge is 2.12. The first-order valence-corrected chi connectivity index (χ1v) is 4.00. The molecule has 0 saturated heterocycles. The minimum atomic E-state index is 0.125. The molecule has 3 nitrogen and oxygen atoms in total. The molecule has 1 heterocycles. The lowest BCUT2D eigenvalue weighted by atomic mass is 10.1. The van der Waals surface area contributed by atoms with Gasteiger partial charge in [0.15, 0.2) is 0 Å². The zero-order valence-electron chi connectivity index (χ0n) is 7.05. The van der Waals surface area contributed by atoms with Crippen LogP contribution in [0.5, 0.6) is 0 Å². The van der Waals surface area contributed by atoms with Crippen molar-refractivity contribution in [2.75, 3.05) is 13.1 Å². The summed E-state index contributed by atoms with van der Waals surface area (Å²) in [4.78, 5) is 15.3. The molecular weight excluding hydrogens is 140 g/mol. The van der Waals surface area contributed by atoms with Crippen LogP contribution in [0.2, 0.25) is 0 Å². The molecule has 11 heavy (non-hydrogen) atoms. The number of nitrogens with zero attached hydrogens (tertiary/aromatic N) is 1. The fourth-order valence-electron chi connectivity index (χ4n) is 0.935. The van der Waals surface area contributed by atoms with Crippen LogP contribution >= 0.6 is 0 Å². The zero-order valence-corrected chi connectivity index (χ0v) is 7.05. The second-order valence-corrected chi connectivity index (χ2v) is 3.05. The van der Waals surface area contributed by atoms with Crippen LogP contribution in [0.4, 0.5) is 0 Å². The van der Waals surface area contributed by atoms with Crippen molar-refractivity contribution in [1.29, 1.82) is 0 Å². The van der Waals surface area contributed by atoms with Gasteiger partial charge in [0.1, 0.15) is 11.6 Å². The highest BCUT2D eigenvalue weighted by Crippen LogP contribution is 2.00. The van der Waals surface area contributed by atoms with Crippen molar-refractivity contribution in [3.05, 3.63) is 0 Å². The van der Waals surface area contributed by atoms with Crippen LogP contribution in [0.15, 0.2) is 4.99 Å². The van der Waals surface area contributed by atoms with Gasteiger partial charge in [-0.1, -0.05) is 13.8 Å². The molecule has 0 aromatic rings. The van der Waals surface area contributed by atoms with Crippen molar-refractivity contribution < 1.29 is 4.79 Å². The van der Waals surface area contributed by atoms with Crippen LogP contribution in [-0.4, -0.2) is 24.7 Å². The number of ketones is 1. The van der Waals surface area contributed by atoms with Crippen LogP contribution in [0.1, 0.15) is 20.3 Å². The summed E-state index contributed by atoms with van der Waals surface area (Å²) >= 11 is 0. The Balaban J connectivity index is 2.35. The van der Waals surface area contributed by atoms with Crippen LogP contribution in [0, 0.1) is 5.92 Å². The van der Waals surface area contributed by atoms with Crippen LogP contribution in [0.3, 0.4) is 0 Å². The van der Waals surface area contributed by atoms with E-state index in [1.54, 1.807) is 0 Å². The van der Waals surface area contributed by atoms with Crippen molar-refractivity contribution in [2.24, 2.45) is 10.9 Å². The monoisotopic (exact) mass is 154 g/mol. The summed E-state index contributed by atoms with van der Waals surface area (Å²) in [7, 11) is 0. The van der Waals surface area contributed by atoms with Crippen molar-refractivity contribution in [3.8, 4) is 0 Å². The number of hydrogen-bond acceptors (Lipinski definition) is 3. The van der Waals surface area contributed by atoms with Crippen LogP contribution < -0.4 is 5.32 Å². The van der Waals surface area contributed by atoms with Crippen LogP contribution in [0.25, 0.3) is 0 Å². The van der Waals surface area contributed by atoms with Crippen molar-refractivity contribution in [1.82, 2.24) is 5.32 Å². The van der Waals surface area contributed by atoms with Gasteiger partial charge in [-0.2, -0.15) is 0 Å². The van der Waals surface area contributed by atoms with E-state index in [-0.39, 0.29) is 11.7 Å². The fraction of sp³-hybridized carbons (Fsp3) is 0.750. The molecular formula is C8H14N2O. The summed E-state index contributed by atoms with van der Waals surface area (Å²) < 4.78 is 0. The van der Waals surface area contributed by atoms with Gasteiger partial charge in [-0.25, -0.2) is 0 Å². The first-order valence-electron chi connectivity index (χ1n) is 4.00. The summed E-state index contributed by atoms with van der Waals surface area (Å²) in [6.07, 6.45) is 0.484. The fourth-order valence-corrected chi connectivity index (χ4v) is 0.935. The molecule has 0 atom stereocenters. The van der Waals surface area contributed by atoms with E-state index in [9.17, 15) is 4.79 Å². The van der Waals surface area contributed by atoms with Gasteiger partial charge < -0.3 is 5.32 Å². The van der Waals surface area contributed by atoms with E-state index in [0.29, 0.717) is 6.42 Å². The summed E-state index contributed by atoms with van der Waals surface area (Å²) in [6.45, 7) is 5.54. The van der Waals surface area contributed by atoms with Gasteiger partial charge in [0.05, 0.1) is 13.0 Å². The quantitative estimate of drug-likeness (QED) is 0.647. The number of Topliss-reactive ketones (excluding diaryl/α,β-unsaturated/α-hetero) is 1. The van der Waals surface area contributed by atoms with Gasteiger partial charge in [0.2, 0.25) is 0 Å². The molecule has 0 aromatic carbocycles. The van der Waals surface area contributed by atoms with E-state index < -0.39 is 0 Å². The first kappa shape index (κ1) is 8.24. The standard InChI is InChI=1S/C8H14N2O/c1-6(2)7(11)5-8-9-3-4-10-8/h6H,3-5H2,1-2H3,(H,9,10). The van der Waals surface area contributed by atoms with Gasteiger partial charge in [-0.15, -0.1) is 0 Å². The summed E-state index contributed by atoms with van der Waals surface area (Å²) in [6, 6.07) is 0. The molecule has 1 aliphatic heterocycles. The minimum absolute atomic E-state index is 0.125. The second kappa shape index (κ2) is 3.51. The van der Waals surface area contributed by atoms with Gasteiger partial charge in [-0.05, 0) is 0 Å². The average molecular weight is 154 g/mol. The molecule has 0 aliphatic carbocycles. The minimum Gasteiger partial charge on any atom is -0.372 e. The number of amidine groups is 1. The van der Waals surface area contributed by atoms with E-state index in [2.05, 4.69) is 10.3 Å². The topological polar surface area (TPSA) is 41.5 Å². The van der Waals surface area contributed by atoms with E-state index in [1.165, 1.54) is 0 Å². The SMILES string of the molecule is CC(C)C(=O)CC1=NCCN1. The van der Waals surface area contributed by atoms with E-state index in [1.807, 2.05) is 13.8 Å². The largest absolute Gasteiger partial charge is 0.372 e. The molecule has 0 bridgehead atoms. The number of carbonyl (C=O) groups is 1. The smallest absolute Gasteiger partial charge is 0.142 e. The second-order valence-electron chi connectivity index (χ2n) is 3.05. The maximum Gasteiger partial charge on any atom is 0.142 e. The molecule has 3 heteroatoms. The number of carbonyl (C=O) groups excluding carboxylic acids is 1. The Morgan fingerprint density at radius 3 is 2.91 bits per heavy atom. The Morgan fingerprint density at radius 1 is 1.73 bits per heavy atom. The third-order valence-electron chi connectivity index (χ3n) is 1.73. The van der Waals surface area contributed by atoms with Crippen molar-refractivity contribution in [2.45, 2.75) is 20.3 Å². The molecule has 0 fully saturated rings. The number of hydrogen-bond donors (Lipinski definition) is 1. The molecule has 62 valence electrons. The summed E-state index contributed by atoms with van der Waals surface area (Å²) in [5, 5.41) is 3.07. The predicted molar refractivity (Wildman–Crippen MR) is 44.8 cm³/mol. The van der Waals surface area contributed by atoms with Crippen molar-refractivity contribution >= 4 is 11.6 Å². The Hall–Kier alpha value is -0.860. The molecule has 0 radical (unpaired) electrons. The van der Waals surface area contributed by atoms with Crippen LogP contribution in [-0.2, 0) is 4.79 Å². The molecule has 0 saturated carbocycles. The number of rotatable bonds is 3. The molecule has 1 rings (SSSR count). The lowest BCUT2D eigenvalue weighted by Crippen LogP contribution is -2.23. The molecule has 0 spiro atoms. The lowest BCUT2D eigenvalue weighted by molar-refractivity contribution is -0.120. The Kier molecular flexibility index (Phi) is 2.63. The van der Waals surface area contributed by atoms with Gasteiger partial charge in [-0.3, -0.25) is 9.79 Å². The maximum absolute atomic E-state index is 11.2. The van der Waals surface area contributed by atoms with E-state index >= 15 is 0 Å². The third-order valence-corrected chi connectivity index (χ3v) is 1.73. The summed E-state index contributed by atoms with van der Waals surface area (Å²) in [5.41, 5.74) is 0. The lowest BCUT2D eigenvalue weighted by Gasteiger charge is -2.03. The van der Waals surface area contributed by atoms with E-state index in [4.69, 9.17) is 0 Å². The molecule has 1 N–H and O–H groups in total. The molecule has 0 unspecified atom stereocenters. The molecule has 1 aliphatic rings. The Morgan fingerprint density at radius 2 is 2.45 bits per heavy atom. The zero-order chi connectivity index (χ0) is 8.27. The van der Waals surface area contributed by atoms with Gasteiger partial charge in [0, 0.05) is 12.5 Å². The Bertz CT molecular complexity index is 185. The average Bonchev–Trinajstić information content (AvgIpc) is 2.39. The van der Waals surface area contributed by atoms with Gasteiger partial charge >= 0.3 is 0 Å². The number of aliphatic imine (C=N–C) groups is 1. The van der Waals surface area contributed by atoms with Crippen molar-refractivity contribution in [3.63, 3.8) is 0 Å². The predicted octanol–water partition coefficient (Wildman–Crippen LogP) is 0.603. The summed E-state index contributed by atoms with van der Waals surface area (Å²) in [5.74, 6) is 1.25. The highest BCUT2D eigenvalue weighted by molar-refractivity contribution is 6.02. The highest BCUT2D eigenvalue weighted by atomic mass is 16.1. The van der Waals surface area contributed by atoms with Gasteiger partial charge in [0.25, 0.3) is 0 Å². The van der Waals surface area contributed by atoms with E-state index in [0.717, 1.165) is 18.9 Å². The molecule has 0 amide bonds. The third kappa shape index (κ3) is 2.33. The molecule has 0 aromatic heterocycles. The normalized spacial score (nSPS) is 16.5. The number of nitrogens with one attached hydrogen (secondary N) is 1. The Labute approximate surface area is 66.9 Å². The first-order chi connectivity index (χ1) is 5.20.